The number of aryl methyl sites for hydroxylation is 1. The molecule has 0 bridgehead atoms. The monoisotopic (exact) mass is 434 g/mol. The van der Waals surface area contributed by atoms with Crippen molar-refractivity contribution in [3.05, 3.63) is 112 Å². The zero-order valence-corrected chi connectivity index (χ0v) is 17.9. The van der Waals surface area contributed by atoms with Crippen LogP contribution >= 0.6 is 23.2 Å². The topological polar surface area (TPSA) is 33.4 Å². The lowest BCUT2D eigenvalue weighted by molar-refractivity contribution is 0.858. The number of hydrogen-bond donors (Lipinski definition) is 0. The molecule has 0 saturated carbocycles. The first-order chi connectivity index (χ1) is 14.6. The van der Waals surface area contributed by atoms with Gasteiger partial charge < -0.3 is 0 Å². The van der Waals surface area contributed by atoms with Gasteiger partial charge in [0.25, 0.3) is 0 Å². The second kappa shape index (κ2) is 9.16. The molecule has 0 aliphatic heterocycles. The molecule has 0 radical (unpaired) electrons. The number of nitrogens with zero attached hydrogens (tertiary/aromatic N) is 4. The Morgan fingerprint density at radius 1 is 0.900 bits per heavy atom. The predicted molar refractivity (Wildman–Crippen MR) is 125 cm³/mol. The van der Waals surface area contributed by atoms with Crippen molar-refractivity contribution in [1.29, 1.82) is 0 Å². The van der Waals surface area contributed by atoms with Crippen LogP contribution in [0.5, 0.6) is 0 Å². The lowest BCUT2D eigenvalue weighted by Gasteiger charge is -2.19. The van der Waals surface area contributed by atoms with Gasteiger partial charge in [-0.3, -0.25) is 5.01 Å². The SMILES string of the molecule is Cc1nn(-c2ccc(Cl)cc2)c(Cl)c1/C=N\N(Cc1ccccc1)c1ccccc1. The van der Waals surface area contributed by atoms with Gasteiger partial charge in [-0.05, 0) is 48.9 Å². The molecular formula is C24H20Cl2N4. The zero-order valence-electron chi connectivity index (χ0n) is 16.4. The summed E-state index contributed by atoms with van der Waals surface area (Å²) in [6, 6.07) is 27.7. The van der Waals surface area contributed by atoms with Crippen LogP contribution in [-0.2, 0) is 6.54 Å². The van der Waals surface area contributed by atoms with Gasteiger partial charge >= 0.3 is 0 Å². The number of para-hydroxylation sites is 1. The van der Waals surface area contributed by atoms with Crippen LogP contribution in [0.1, 0.15) is 16.8 Å². The Morgan fingerprint density at radius 3 is 2.20 bits per heavy atom. The molecule has 0 amide bonds. The van der Waals surface area contributed by atoms with Crippen molar-refractivity contribution in [1.82, 2.24) is 9.78 Å². The molecule has 4 rings (SSSR count). The van der Waals surface area contributed by atoms with Crippen molar-refractivity contribution in [3.63, 3.8) is 0 Å². The number of halogens is 2. The standard InChI is InChI=1S/C24H20Cl2N4/c1-18-23(24(26)30(28-18)22-14-12-20(25)13-15-22)16-27-29(21-10-6-3-7-11-21)17-19-8-4-2-5-9-19/h2-16H,17H2,1H3/b27-16-. The highest BCUT2D eigenvalue weighted by atomic mass is 35.5. The van der Waals surface area contributed by atoms with Crippen molar-refractivity contribution in [2.75, 3.05) is 5.01 Å². The molecule has 4 aromatic rings. The van der Waals surface area contributed by atoms with E-state index in [2.05, 4.69) is 17.2 Å². The van der Waals surface area contributed by atoms with Gasteiger partial charge in [0.1, 0.15) is 5.15 Å². The summed E-state index contributed by atoms with van der Waals surface area (Å²) in [6.07, 6.45) is 1.77. The third-order valence-electron chi connectivity index (χ3n) is 4.67. The van der Waals surface area contributed by atoms with E-state index in [9.17, 15) is 0 Å². The number of benzene rings is 3. The maximum Gasteiger partial charge on any atom is 0.142 e. The van der Waals surface area contributed by atoms with Crippen molar-refractivity contribution in [2.24, 2.45) is 5.10 Å². The Labute approximate surface area is 186 Å². The van der Waals surface area contributed by atoms with E-state index in [-0.39, 0.29) is 0 Å². The van der Waals surface area contributed by atoms with Crippen LogP contribution in [0.25, 0.3) is 5.69 Å². The largest absolute Gasteiger partial charge is 0.261 e. The molecule has 6 heteroatoms. The Kier molecular flexibility index (Phi) is 6.17. The fourth-order valence-electron chi connectivity index (χ4n) is 3.09. The summed E-state index contributed by atoms with van der Waals surface area (Å²) in [5.41, 5.74) is 4.58. The first-order valence-corrected chi connectivity index (χ1v) is 10.3. The summed E-state index contributed by atoms with van der Waals surface area (Å²) in [7, 11) is 0. The molecule has 3 aromatic carbocycles. The highest BCUT2D eigenvalue weighted by Crippen LogP contribution is 2.24. The summed E-state index contributed by atoms with van der Waals surface area (Å²) >= 11 is 12.6. The predicted octanol–water partition coefficient (Wildman–Crippen LogP) is 6.53. The van der Waals surface area contributed by atoms with Crippen LogP contribution in [-0.4, -0.2) is 16.0 Å². The fraction of sp³-hybridized carbons (Fsp3) is 0.0833. The molecule has 0 fully saturated rings. The van der Waals surface area contributed by atoms with Crippen LogP contribution in [0.3, 0.4) is 0 Å². The third-order valence-corrected chi connectivity index (χ3v) is 5.29. The molecule has 150 valence electrons. The first kappa shape index (κ1) is 20.2. The van der Waals surface area contributed by atoms with Gasteiger partial charge in [-0.2, -0.15) is 10.2 Å². The van der Waals surface area contributed by atoms with Gasteiger partial charge in [0, 0.05) is 5.02 Å². The van der Waals surface area contributed by atoms with Crippen LogP contribution in [0.15, 0.2) is 90.0 Å². The second-order valence-electron chi connectivity index (χ2n) is 6.80. The summed E-state index contributed by atoms with van der Waals surface area (Å²) in [5, 5.41) is 12.4. The van der Waals surface area contributed by atoms with Crippen LogP contribution in [0.2, 0.25) is 10.2 Å². The Balaban J connectivity index is 1.66. The first-order valence-electron chi connectivity index (χ1n) is 9.53. The van der Waals surface area contributed by atoms with E-state index in [1.165, 1.54) is 0 Å². The average molecular weight is 435 g/mol. The number of anilines is 1. The molecule has 0 N–H and O–H groups in total. The van der Waals surface area contributed by atoms with E-state index in [1.54, 1.807) is 10.9 Å². The Morgan fingerprint density at radius 2 is 1.53 bits per heavy atom. The normalized spacial score (nSPS) is 11.2. The van der Waals surface area contributed by atoms with E-state index in [0.717, 1.165) is 28.2 Å². The number of hydrazone groups is 1. The van der Waals surface area contributed by atoms with E-state index in [0.29, 0.717) is 16.7 Å². The molecular weight excluding hydrogens is 415 g/mol. The maximum absolute atomic E-state index is 6.65. The minimum absolute atomic E-state index is 0.506. The molecule has 0 spiro atoms. The minimum Gasteiger partial charge on any atom is -0.261 e. The summed E-state index contributed by atoms with van der Waals surface area (Å²) in [5.74, 6) is 0. The number of rotatable bonds is 6. The number of aromatic nitrogens is 2. The minimum atomic E-state index is 0.506. The van der Waals surface area contributed by atoms with Crippen LogP contribution in [0, 0.1) is 6.92 Å². The molecule has 1 aromatic heterocycles. The van der Waals surface area contributed by atoms with E-state index in [4.69, 9.17) is 28.3 Å². The molecule has 0 aliphatic carbocycles. The molecule has 30 heavy (non-hydrogen) atoms. The molecule has 0 aliphatic rings. The third kappa shape index (κ3) is 4.56. The molecule has 1 heterocycles. The lowest BCUT2D eigenvalue weighted by Crippen LogP contribution is -2.16. The Hall–Kier alpha value is -3.08. The molecule has 0 saturated heterocycles. The van der Waals surface area contributed by atoms with Gasteiger partial charge in [-0.1, -0.05) is 71.7 Å². The van der Waals surface area contributed by atoms with Gasteiger partial charge in [0.15, 0.2) is 0 Å². The Bertz CT molecular complexity index is 1140. The van der Waals surface area contributed by atoms with E-state index in [1.807, 2.05) is 84.7 Å². The van der Waals surface area contributed by atoms with Crippen molar-refractivity contribution < 1.29 is 0 Å². The average Bonchev–Trinajstić information content (AvgIpc) is 3.06. The highest BCUT2D eigenvalue weighted by molar-refractivity contribution is 6.32. The summed E-state index contributed by atoms with van der Waals surface area (Å²) in [6.45, 7) is 2.56. The lowest BCUT2D eigenvalue weighted by atomic mass is 10.2. The summed E-state index contributed by atoms with van der Waals surface area (Å²) in [4.78, 5) is 0. The smallest absolute Gasteiger partial charge is 0.142 e. The maximum atomic E-state index is 6.65. The highest BCUT2D eigenvalue weighted by Gasteiger charge is 2.14. The van der Waals surface area contributed by atoms with Crippen molar-refractivity contribution in [2.45, 2.75) is 13.5 Å². The van der Waals surface area contributed by atoms with Gasteiger partial charge in [-0.15, -0.1) is 0 Å². The van der Waals surface area contributed by atoms with Gasteiger partial charge in [-0.25, -0.2) is 4.68 Å². The van der Waals surface area contributed by atoms with Crippen LogP contribution < -0.4 is 5.01 Å². The van der Waals surface area contributed by atoms with Crippen LogP contribution in [0.4, 0.5) is 5.69 Å². The van der Waals surface area contributed by atoms with E-state index < -0.39 is 0 Å². The molecule has 4 nitrogen and oxygen atoms in total. The van der Waals surface area contributed by atoms with Gasteiger partial charge in [0.2, 0.25) is 0 Å². The van der Waals surface area contributed by atoms with Gasteiger partial charge in [0.05, 0.1) is 35.4 Å². The summed E-state index contributed by atoms with van der Waals surface area (Å²) < 4.78 is 1.69. The quantitative estimate of drug-likeness (QED) is 0.255. The number of hydrogen-bond acceptors (Lipinski definition) is 3. The zero-order chi connectivity index (χ0) is 20.9. The van der Waals surface area contributed by atoms with E-state index >= 15 is 0 Å². The van der Waals surface area contributed by atoms with Crippen molar-refractivity contribution >= 4 is 35.1 Å². The fourth-order valence-corrected chi connectivity index (χ4v) is 3.54. The second-order valence-corrected chi connectivity index (χ2v) is 7.60. The molecule has 0 unspecified atom stereocenters. The molecule has 0 atom stereocenters. The van der Waals surface area contributed by atoms with Crippen molar-refractivity contribution in [3.8, 4) is 5.69 Å².